The summed E-state index contributed by atoms with van der Waals surface area (Å²) in [5.41, 5.74) is 0. The lowest BCUT2D eigenvalue weighted by atomic mass is 10.0. The number of morpholine rings is 1. The molecule has 5 heteroatoms. The van der Waals surface area contributed by atoms with Gasteiger partial charge in [0.1, 0.15) is 0 Å². The summed E-state index contributed by atoms with van der Waals surface area (Å²) in [5.74, 6) is 0. The topological polar surface area (TPSA) is 46.6 Å². The molecule has 2 aliphatic rings. The molecular weight excluding hydrogens is 214 g/mol. The highest BCUT2D eigenvalue weighted by Gasteiger charge is 2.38. The first kappa shape index (κ1) is 11.4. The molecule has 0 aromatic heterocycles. The predicted octanol–water partition coefficient (Wildman–Crippen LogP) is 0.980. The van der Waals surface area contributed by atoms with Gasteiger partial charge >= 0.3 is 0 Å². The van der Waals surface area contributed by atoms with Crippen LogP contribution in [-0.4, -0.2) is 43.8 Å². The van der Waals surface area contributed by atoms with Crippen molar-refractivity contribution in [2.75, 3.05) is 19.7 Å². The van der Waals surface area contributed by atoms with Crippen molar-refractivity contribution in [2.45, 2.75) is 44.0 Å². The van der Waals surface area contributed by atoms with Gasteiger partial charge in [-0.3, -0.25) is 0 Å². The standard InChI is InChI=1S/C10H19NO3S/c1-2-9-8-11(6-7-14-9)15(12,13)10-4-3-5-10/h9-10H,2-8H2,1H3. The zero-order chi connectivity index (χ0) is 10.9. The quantitative estimate of drug-likeness (QED) is 0.730. The van der Waals surface area contributed by atoms with Crippen LogP contribution < -0.4 is 0 Å². The third kappa shape index (κ3) is 2.19. The molecular formula is C10H19NO3S. The zero-order valence-corrected chi connectivity index (χ0v) is 10.0. The Morgan fingerprint density at radius 2 is 2.13 bits per heavy atom. The molecule has 4 nitrogen and oxygen atoms in total. The Morgan fingerprint density at radius 1 is 1.40 bits per heavy atom. The van der Waals surface area contributed by atoms with Crippen LogP contribution in [0, 0.1) is 0 Å². The Kier molecular flexibility index (Phi) is 3.33. The van der Waals surface area contributed by atoms with Crippen LogP contribution >= 0.6 is 0 Å². The molecule has 0 spiro atoms. The summed E-state index contributed by atoms with van der Waals surface area (Å²) in [6.07, 6.45) is 3.73. The number of sulfonamides is 1. The Bertz CT molecular complexity index is 311. The summed E-state index contributed by atoms with van der Waals surface area (Å²) in [5, 5.41) is -0.104. The molecule has 0 aromatic rings. The van der Waals surface area contributed by atoms with Gasteiger partial charge in [0.15, 0.2) is 0 Å². The maximum atomic E-state index is 12.1. The molecule has 0 amide bonds. The molecule has 1 saturated carbocycles. The van der Waals surface area contributed by atoms with E-state index in [0.29, 0.717) is 19.7 Å². The van der Waals surface area contributed by atoms with Crippen LogP contribution in [0.5, 0.6) is 0 Å². The van der Waals surface area contributed by atoms with Gasteiger partial charge in [-0.05, 0) is 19.3 Å². The van der Waals surface area contributed by atoms with E-state index in [4.69, 9.17) is 4.74 Å². The molecule has 0 aromatic carbocycles. The molecule has 1 aliphatic heterocycles. The van der Waals surface area contributed by atoms with Crippen LogP contribution in [-0.2, 0) is 14.8 Å². The minimum absolute atomic E-state index is 0.0913. The normalized spacial score (nSPS) is 30.1. The third-order valence-corrected chi connectivity index (χ3v) is 5.76. The Morgan fingerprint density at radius 3 is 2.67 bits per heavy atom. The maximum absolute atomic E-state index is 12.1. The van der Waals surface area contributed by atoms with Crippen molar-refractivity contribution in [3.8, 4) is 0 Å². The summed E-state index contributed by atoms with van der Waals surface area (Å²) in [4.78, 5) is 0. The summed E-state index contributed by atoms with van der Waals surface area (Å²) < 4.78 is 31.3. The van der Waals surface area contributed by atoms with Gasteiger partial charge < -0.3 is 4.74 Å². The number of nitrogens with zero attached hydrogens (tertiary/aromatic N) is 1. The van der Waals surface area contributed by atoms with E-state index in [1.165, 1.54) is 0 Å². The highest BCUT2D eigenvalue weighted by atomic mass is 32.2. The van der Waals surface area contributed by atoms with Gasteiger partial charge in [-0.15, -0.1) is 0 Å². The molecule has 88 valence electrons. The molecule has 2 rings (SSSR count). The van der Waals surface area contributed by atoms with Gasteiger partial charge in [0.25, 0.3) is 0 Å². The van der Waals surface area contributed by atoms with Crippen molar-refractivity contribution >= 4 is 10.0 Å². The van der Waals surface area contributed by atoms with Gasteiger partial charge in [-0.25, -0.2) is 8.42 Å². The maximum Gasteiger partial charge on any atom is 0.217 e. The average Bonchev–Trinajstić information content (AvgIpc) is 2.14. The molecule has 1 saturated heterocycles. The first-order valence-corrected chi connectivity index (χ1v) is 7.25. The molecule has 1 unspecified atom stereocenters. The fraction of sp³-hybridized carbons (Fsp3) is 1.00. The summed E-state index contributed by atoms with van der Waals surface area (Å²) in [7, 11) is -3.01. The molecule has 2 fully saturated rings. The Hall–Kier alpha value is -0.130. The lowest BCUT2D eigenvalue weighted by Gasteiger charge is -2.36. The van der Waals surface area contributed by atoms with E-state index < -0.39 is 10.0 Å². The van der Waals surface area contributed by atoms with Crippen LogP contribution in [0.3, 0.4) is 0 Å². The van der Waals surface area contributed by atoms with E-state index in [-0.39, 0.29) is 11.4 Å². The summed E-state index contributed by atoms with van der Waals surface area (Å²) in [6, 6.07) is 0. The van der Waals surface area contributed by atoms with Crippen molar-refractivity contribution in [3.05, 3.63) is 0 Å². The van der Waals surface area contributed by atoms with E-state index in [1.807, 2.05) is 6.92 Å². The van der Waals surface area contributed by atoms with Crippen LogP contribution in [0.2, 0.25) is 0 Å². The van der Waals surface area contributed by atoms with Gasteiger partial charge in [-0.2, -0.15) is 4.31 Å². The van der Waals surface area contributed by atoms with Crippen molar-refractivity contribution in [1.29, 1.82) is 0 Å². The molecule has 0 radical (unpaired) electrons. The van der Waals surface area contributed by atoms with Crippen molar-refractivity contribution < 1.29 is 13.2 Å². The summed E-state index contributed by atoms with van der Waals surface area (Å²) in [6.45, 7) is 3.67. The molecule has 1 aliphatic carbocycles. The van der Waals surface area contributed by atoms with Crippen molar-refractivity contribution in [2.24, 2.45) is 0 Å². The van der Waals surface area contributed by atoms with Gasteiger partial charge in [0.2, 0.25) is 10.0 Å². The molecule has 1 atom stereocenters. The molecule has 15 heavy (non-hydrogen) atoms. The van der Waals surface area contributed by atoms with Gasteiger partial charge in [-0.1, -0.05) is 13.3 Å². The number of ether oxygens (including phenoxy) is 1. The average molecular weight is 233 g/mol. The second kappa shape index (κ2) is 4.39. The van der Waals surface area contributed by atoms with Gasteiger partial charge in [0.05, 0.1) is 18.0 Å². The zero-order valence-electron chi connectivity index (χ0n) is 9.18. The van der Waals surface area contributed by atoms with Crippen molar-refractivity contribution in [3.63, 3.8) is 0 Å². The van der Waals surface area contributed by atoms with Crippen LogP contribution in [0.4, 0.5) is 0 Å². The van der Waals surface area contributed by atoms with Crippen molar-refractivity contribution in [1.82, 2.24) is 4.31 Å². The minimum Gasteiger partial charge on any atom is -0.375 e. The second-order valence-electron chi connectivity index (χ2n) is 4.36. The van der Waals surface area contributed by atoms with E-state index in [1.54, 1.807) is 4.31 Å². The molecule has 0 bridgehead atoms. The lowest BCUT2D eigenvalue weighted by Crippen LogP contribution is -2.50. The predicted molar refractivity (Wildman–Crippen MR) is 58.2 cm³/mol. The molecule has 0 N–H and O–H groups in total. The molecule has 1 heterocycles. The van der Waals surface area contributed by atoms with Crippen LogP contribution in [0.25, 0.3) is 0 Å². The monoisotopic (exact) mass is 233 g/mol. The SMILES string of the molecule is CCC1CN(S(=O)(=O)C2CCC2)CCO1. The highest BCUT2D eigenvalue weighted by molar-refractivity contribution is 7.89. The fourth-order valence-electron chi connectivity index (χ4n) is 2.05. The second-order valence-corrected chi connectivity index (χ2v) is 6.57. The largest absolute Gasteiger partial charge is 0.375 e. The number of rotatable bonds is 3. The van der Waals surface area contributed by atoms with Crippen LogP contribution in [0.1, 0.15) is 32.6 Å². The smallest absolute Gasteiger partial charge is 0.217 e. The third-order valence-electron chi connectivity index (χ3n) is 3.39. The first-order valence-electron chi connectivity index (χ1n) is 5.75. The minimum atomic E-state index is -3.01. The summed E-state index contributed by atoms with van der Waals surface area (Å²) >= 11 is 0. The van der Waals surface area contributed by atoms with E-state index >= 15 is 0 Å². The van der Waals surface area contributed by atoms with E-state index in [2.05, 4.69) is 0 Å². The van der Waals surface area contributed by atoms with E-state index in [9.17, 15) is 8.42 Å². The number of hydrogen-bond donors (Lipinski definition) is 0. The lowest BCUT2D eigenvalue weighted by molar-refractivity contribution is -0.00330. The first-order chi connectivity index (χ1) is 7.14. The van der Waals surface area contributed by atoms with E-state index in [0.717, 1.165) is 25.7 Å². The fourth-order valence-corrected chi connectivity index (χ4v) is 4.10. The Balaban J connectivity index is 2.02. The highest BCUT2D eigenvalue weighted by Crippen LogP contribution is 2.29. The van der Waals surface area contributed by atoms with Crippen LogP contribution in [0.15, 0.2) is 0 Å². The van der Waals surface area contributed by atoms with Gasteiger partial charge in [0, 0.05) is 13.1 Å². The Labute approximate surface area is 91.6 Å². The number of hydrogen-bond acceptors (Lipinski definition) is 3.